The van der Waals surface area contributed by atoms with Crippen LogP contribution in [0.2, 0.25) is 0 Å². The average molecular weight is 478 g/mol. The van der Waals surface area contributed by atoms with Crippen LogP contribution in [0, 0.1) is 20.8 Å². The molecule has 7 heteroatoms. The fourth-order valence-electron chi connectivity index (χ4n) is 4.67. The maximum absolute atomic E-state index is 13.1. The molecule has 0 saturated carbocycles. The number of sulfone groups is 1. The van der Waals surface area contributed by atoms with Crippen molar-refractivity contribution in [3.8, 4) is 0 Å². The summed E-state index contributed by atoms with van der Waals surface area (Å²) < 4.78 is 26.2. The minimum atomic E-state index is -3.66. The number of nitrogens with two attached hydrogens (primary N) is 1. The maximum atomic E-state index is 13.1. The van der Waals surface area contributed by atoms with Crippen LogP contribution in [-0.4, -0.2) is 26.9 Å². The minimum absolute atomic E-state index is 0.204. The van der Waals surface area contributed by atoms with Crippen LogP contribution in [0.15, 0.2) is 70.5 Å². The highest BCUT2D eigenvalue weighted by atomic mass is 32.2. The molecule has 0 saturated heterocycles. The van der Waals surface area contributed by atoms with E-state index in [1.54, 1.807) is 48.5 Å². The molecule has 0 radical (unpaired) electrons. The second-order valence-electron chi connectivity index (χ2n) is 9.03. The Morgan fingerprint density at radius 1 is 1.03 bits per heavy atom. The SMILES string of the molecule is Cc1cc(C)c(CC(N)C(=O)NC2CCNc3ccc(S(=O)(=O)c4ccccc4)cc32)c(C)c1. The largest absolute Gasteiger partial charge is 0.385 e. The number of rotatable bonds is 6. The summed E-state index contributed by atoms with van der Waals surface area (Å²) in [5.74, 6) is -0.242. The monoisotopic (exact) mass is 477 g/mol. The first kappa shape index (κ1) is 24.0. The van der Waals surface area contributed by atoms with E-state index in [0.717, 1.165) is 27.9 Å². The molecule has 3 aromatic carbocycles. The zero-order valence-electron chi connectivity index (χ0n) is 19.8. The quantitative estimate of drug-likeness (QED) is 0.498. The van der Waals surface area contributed by atoms with Crippen molar-refractivity contribution in [2.24, 2.45) is 5.73 Å². The third kappa shape index (κ3) is 4.86. The Balaban J connectivity index is 1.56. The lowest BCUT2D eigenvalue weighted by Gasteiger charge is -2.29. The Morgan fingerprint density at radius 2 is 1.71 bits per heavy atom. The third-order valence-corrected chi connectivity index (χ3v) is 8.20. The molecular formula is C27H31N3O3S. The lowest BCUT2D eigenvalue weighted by molar-refractivity contribution is -0.123. The van der Waals surface area contributed by atoms with E-state index >= 15 is 0 Å². The first-order valence-corrected chi connectivity index (χ1v) is 13.0. The summed E-state index contributed by atoms with van der Waals surface area (Å²) >= 11 is 0. The Hall–Kier alpha value is -3.16. The summed E-state index contributed by atoms with van der Waals surface area (Å²) in [5.41, 5.74) is 12.4. The van der Waals surface area contributed by atoms with Gasteiger partial charge in [0, 0.05) is 12.2 Å². The molecular weight excluding hydrogens is 446 g/mol. The molecule has 0 bridgehead atoms. The Morgan fingerprint density at radius 3 is 2.38 bits per heavy atom. The number of nitrogens with one attached hydrogen (secondary N) is 2. The van der Waals surface area contributed by atoms with Crippen molar-refractivity contribution < 1.29 is 13.2 Å². The van der Waals surface area contributed by atoms with Gasteiger partial charge in [-0.3, -0.25) is 4.79 Å². The summed E-state index contributed by atoms with van der Waals surface area (Å²) in [5, 5.41) is 6.36. The highest BCUT2D eigenvalue weighted by Crippen LogP contribution is 2.33. The van der Waals surface area contributed by atoms with Gasteiger partial charge in [0.2, 0.25) is 15.7 Å². The van der Waals surface area contributed by atoms with Gasteiger partial charge in [-0.15, -0.1) is 0 Å². The highest BCUT2D eigenvalue weighted by Gasteiger charge is 2.27. The van der Waals surface area contributed by atoms with Crippen molar-refractivity contribution in [3.63, 3.8) is 0 Å². The molecule has 4 rings (SSSR count). The van der Waals surface area contributed by atoms with Crippen LogP contribution >= 0.6 is 0 Å². The van der Waals surface area contributed by atoms with Gasteiger partial charge in [0.1, 0.15) is 0 Å². The number of amides is 1. The predicted octanol–water partition coefficient (Wildman–Crippen LogP) is 3.99. The molecule has 0 aliphatic carbocycles. The smallest absolute Gasteiger partial charge is 0.237 e. The topological polar surface area (TPSA) is 101 Å². The van der Waals surface area contributed by atoms with Crippen LogP contribution in [0.4, 0.5) is 5.69 Å². The molecule has 6 nitrogen and oxygen atoms in total. The lowest BCUT2D eigenvalue weighted by atomic mass is 9.93. The van der Waals surface area contributed by atoms with Crippen LogP contribution in [0.3, 0.4) is 0 Å². The van der Waals surface area contributed by atoms with Crippen LogP contribution in [0.5, 0.6) is 0 Å². The number of carbonyl (C=O) groups is 1. The van der Waals surface area contributed by atoms with E-state index in [2.05, 4.69) is 29.7 Å². The van der Waals surface area contributed by atoms with Crippen LogP contribution in [-0.2, 0) is 21.1 Å². The van der Waals surface area contributed by atoms with Gasteiger partial charge >= 0.3 is 0 Å². The standard InChI is InChI=1S/C27H31N3O3S/c1-17-13-18(2)22(19(3)14-17)16-24(28)27(31)30-26-11-12-29-25-10-9-21(15-23(25)26)34(32,33)20-7-5-4-6-8-20/h4-10,13-15,24,26,29H,11-12,16,28H2,1-3H3,(H,30,31). The molecule has 178 valence electrons. The zero-order chi connectivity index (χ0) is 24.5. The van der Waals surface area contributed by atoms with E-state index in [0.29, 0.717) is 19.4 Å². The maximum Gasteiger partial charge on any atom is 0.237 e. The third-order valence-electron chi connectivity index (χ3n) is 6.43. The normalized spacial score (nSPS) is 16.3. The van der Waals surface area contributed by atoms with Gasteiger partial charge in [0.15, 0.2) is 0 Å². The fraction of sp³-hybridized carbons (Fsp3) is 0.296. The van der Waals surface area contributed by atoms with Gasteiger partial charge in [-0.25, -0.2) is 8.42 Å². The molecule has 34 heavy (non-hydrogen) atoms. The first-order chi connectivity index (χ1) is 16.2. The second-order valence-corrected chi connectivity index (χ2v) is 11.0. The summed E-state index contributed by atoms with van der Waals surface area (Å²) in [4.78, 5) is 13.5. The number of benzene rings is 3. The van der Waals surface area contributed by atoms with Crippen molar-refractivity contribution in [1.82, 2.24) is 5.32 Å². The summed E-state index contributed by atoms with van der Waals surface area (Å²) in [6.45, 7) is 6.81. The number of aryl methyl sites for hydroxylation is 3. The van der Waals surface area contributed by atoms with E-state index < -0.39 is 15.9 Å². The average Bonchev–Trinajstić information content (AvgIpc) is 2.81. The number of hydrogen-bond acceptors (Lipinski definition) is 5. The van der Waals surface area contributed by atoms with Crippen LogP contribution in [0.1, 0.15) is 40.3 Å². The molecule has 1 amide bonds. The van der Waals surface area contributed by atoms with Crippen LogP contribution in [0.25, 0.3) is 0 Å². The Labute approximate surface area is 201 Å². The molecule has 1 aliphatic heterocycles. The van der Waals surface area contributed by atoms with Crippen molar-refractivity contribution in [1.29, 1.82) is 0 Å². The molecule has 2 unspecified atom stereocenters. The fourth-order valence-corrected chi connectivity index (χ4v) is 5.99. The van der Waals surface area contributed by atoms with Crippen LogP contribution < -0.4 is 16.4 Å². The van der Waals surface area contributed by atoms with E-state index in [9.17, 15) is 13.2 Å². The number of carbonyl (C=O) groups excluding carboxylic acids is 1. The molecule has 0 aromatic heterocycles. The highest BCUT2D eigenvalue weighted by molar-refractivity contribution is 7.91. The van der Waals surface area contributed by atoms with E-state index in [1.165, 1.54) is 5.56 Å². The Kier molecular flexibility index (Phi) is 6.77. The van der Waals surface area contributed by atoms with Gasteiger partial charge in [0.05, 0.1) is 21.9 Å². The molecule has 4 N–H and O–H groups in total. The van der Waals surface area contributed by atoms with Gasteiger partial charge in [-0.2, -0.15) is 0 Å². The molecule has 1 aliphatic rings. The summed E-state index contributed by atoms with van der Waals surface area (Å²) in [6, 6.07) is 16.6. The molecule has 1 heterocycles. The van der Waals surface area contributed by atoms with Gasteiger partial charge in [-0.05, 0) is 86.2 Å². The van der Waals surface area contributed by atoms with Gasteiger partial charge in [-0.1, -0.05) is 35.9 Å². The summed E-state index contributed by atoms with van der Waals surface area (Å²) in [7, 11) is -3.66. The molecule has 3 aromatic rings. The lowest BCUT2D eigenvalue weighted by Crippen LogP contribution is -2.44. The number of fused-ring (bicyclic) bond motifs is 1. The number of anilines is 1. The van der Waals surface area contributed by atoms with Crippen molar-refractivity contribution in [2.45, 2.75) is 55.5 Å². The van der Waals surface area contributed by atoms with Crippen molar-refractivity contribution >= 4 is 21.4 Å². The van der Waals surface area contributed by atoms with E-state index in [4.69, 9.17) is 5.73 Å². The molecule has 0 spiro atoms. The van der Waals surface area contributed by atoms with E-state index in [-0.39, 0.29) is 21.7 Å². The summed E-state index contributed by atoms with van der Waals surface area (Å²) in [6.07, 6.45) is 1.09. The van der Waals surface area contributed by atoms with E-state index in [1.807, 2.05) is 13.8 Å². The Bertz CT molecular complexity index is 1300. The number of hydrogen-bond donors (Lipinski definition) is 3. The predicted molar refractivity (Wildman–Crippen MR) is 135 cm³/mol. The molecule has 2 atom stereocenters. The van der Waals surface area contributed by atoms with Crippen molar-refractivity contribution in [3.05, 3.63) is 88.5 Å². The zero-order valence-corrected chi connectivity index (χ0v) is 20.6. The first-order valence-electron chi connectivity index (χ1n) is 11.5. The molecule has 0 fully saturated rings. The van der Waals surface area contributed by atoms with Gasteiger partial charge in [0.25, 0.3) is 0 Å². The minimum Gasteiger partial charge on any atom is -0.385 e. The van der Waals surface area contributed by atoms with Gasteiger partial charge < -0.3 is 16.4 Å². The van der Waals surface area contributed by atoms with Crippen molar-refractivity contribution in [2.75, 3.05) is 11.9 Å². The second kappa shape index (κ2) is 9.60.